The first-order valence-corrected chi connectivity index (χ1v) is 6.48. The molecule has 0 fully saturated rings. The highest BCUT2D eigenvalue weighted by molar-refractivity contribution is 5.29. The normalized spacial score (nSPS) is 13.3. The van der Waals surface area contributed by atoms with E-state index in [2.05, 4.69) is 5.32 Å². The summed E-state index contributed by atoms with van der Waals surface area (Å²) in [6.45, 7) is 2.38. The molecule has 1 atom stereocenters. The van der Waals surface area contributed by atoms with Crippen molar-refractivity contribution in [1.29, 1.82) is 0 Å². The highest BCUT2D eigenvalue weighted by atomic mass is 19.4. The van der Waals surface area contributed by atoms with Crippen molar-refractivity contribution in [3.8, 4) is 5.75 Å². The van der Waals surface area contributed by atoms with Crippen LogP contribution in [-0.4, -0.2) is 25.9 Å². The number of ether oxygens (including phenoxy) is 1. The van der Waals surface area contributed by atoms with Gasteiger partial charge in [-0.15, -0.1) is 0 Å². The molecule has 1 unspecified atom stereocenters. The second-order valence-electron chi connectivity index (χ2n) is 4.64. The van der Waals surface area contributed by atoms with E-state index in [1.54, 1.807) is 6.07 Å². The van der Waals surface area contributed by atoms with Crippen LogP contribution in [0.5, 0.6) is 5.75 Å². The van der Waals surface area contributed by atoms with Crippen LogP contribution in [0.3, 0.4) is 0 Å². The van der Waals surface area contributed by atoms with Gasteiger partial charge >= 0.3 is 6.18 Å². The van der Waals surface area contributed by atoms with Crippen LogP contribution < -0.4 is 10.1 Å². The molecule has 0 saturated heterocycles. The van der Waals surface area contributed by atoms with E-state index < -0.39 is 24.5 Å². The number of halogens is 4. The molecule has 0 spiro atoms. The largest absolute Gasteiger partial charge is 0.494 e. The van der Waals surface area contributed by atoms with E-state index in [9.17, 15) is 17.6 Å². The average Bonchev–Trinajstić information content (AvgIpc) is 2.34. The lowest BCUT2D eigenvalue weighted by Gasteiger charge is -2.20. The van der Waals surface area contributed by atoms with Gasteiger partial charge < -0.3 is 10.1 Å². The molecule has 0 aromatic heterocycles. The van der Waals surface area contributed by atoms with Crippen molar-refractivity contribution in [2.24, 2.45) is 0 Å². The first kappa shape index (κ1) is 16.8. The van der Waals surface area contributed by atoms with Crippen molar-refractivity contribution in [1.82, 2.24) is 5.32 Å². The average molecular weight is 293 g/mol. The fraction of sp³-hybridized carbons (Fsp3) is 0.571. The third-order valence-corrected chi connectivity index (χ3v) is 2.86. The Morgan fingerprint density at radius 2 is 2.00 bits per heavy atom. The maximum absolute atomic E-state index is 13.5. The molecule has 0 saturated carbocycles. The monoisotopic (exact) mass is 293 g/mol. The fourth-order valence-corrected chi connectivity index (χ4v) is 1.97. The van der Waals surface area contributed by atoms with E-state index >= 15 is 0 Å². The van der Waals surface area contributed by atoms with Crippen LogP contribution in [0.15, 0.2) is 18.2 Å². The third kappa shape index (κ3) is 5.77. The molecule has 6 heteroatoms. The van der Waals surface area contributed by atoms with Crippen LogP contribution in [0.1, 0.15) is 25.3 Å². The predicted molar refractivity (Wildman–Crippen MR) is 69.4 cm³/mol. The SMILES string of the molecule is CCCNC(Cc1ccc(OC)c(F)c1)CC(F)(F)F. The minimum Gasteiger partial charge on any atom is -0.494 e. The maximum atomic E-state index is 13.5. The number of hydrogen-bond acceptors (Lipinski definition) is 2. The maximum Gasteiger partial charge on any atom is 0.390 e. The Hall–Kier alpha value is -1.30. The zero-order valence-corrected chi connectivity index (χ0v) is 11.6. The molecule has 0 amide bonds. The van der Waals surface area contributed by atoms with Gasteiger partial charge in [-0.05, 0) is 37.1 Å². The van der Waals surface area contributed by atoms with Gasteiger partial charge in [-0.1, -0.05) is 13.0 Å². The van der Waals surface area contributed by atoms with Crippen molar-refractivity contribution in [2.75, 3.05) is 13.7 Å². The first-order chi connectivity index (χ1) is 9.35. The van der Waals surface area contributed by atoms with Crippen molar-refractivity contribution in [2.45, 2.75) is 38.4 Å². The van der Waals surface area contributed by atoms with Crippen LogP contribution in [0.25, 0.3) is 0 Å². The minimum absolute atomic E-state index is 0.0858. The van der Waals surface area contributed by atoms with Gasteiger partial charge in [0.2, 0.25) is 0 Å². The molecule has 1 N–H and O–H groups in total. The van der Waals surface area contributed by atoms with Gasteiger partial charge in [-0.3, -0.25) is 0 Å². The summed E-state index contributed by atoms with van der Waals surface area (Å²) in [6, 6.07) is 3.48. The molecule has 1 aromatic rings. The van der Waals surface area contributed by atoms with Gasteiger partial charge in [0.1, 0.15) is 0 Å². The zero-order chi connectivity index (χ0) is 15.2. The number of nitrogens with one attached hydrogen (secondary N) is 1. The molecular formula is C14H19F4NO. The number of hydrogen-bond donors (Lipinski definition) is 1. The Kier molecular flexibility index (Phi) is 6.26. The van der Waals surface area contributed by atoms with Gasteiger partial charge in [-0.25, -0.2) is 4.39 Å². The topological polar surface area (TPSA) is 21.3 Å². The van der Waals surface area contributed by atoms with Crippen LogP contribution in [0.2, 0.25) is 0 Å². The second kappa shape index (κ2) is 7.47. The van der Waals surface area contributed by atoms with Crippen LogP contribution >= 0.6 is 0 Å². The summed E-state index contributed by atoms with van der Waals surface area (Å²) >= 11 is 0. The summed E-state index contributed by atoms with van der Waals surface area (Å²) in [5.41, 5.74) is 0.515. The highest BCUT2D eigenvalue weighted by Gasteiger charge is 2.31. The smallest absolute Gasteiger partial charge is 0.390 e. The summed E-state index contributed by atoms with van der Waals surface area (Å²) in [4.78, 5) is 0. The summed E-state index contributed by atoms with van der Waals surface area (Å²) < 4.78 is 55.8. The van der Waals surface area contributed by atoms with Gasteiger partial charge in [0, 0.05) is 6.04 Å². The Balaban J connectivity index is 2.75. The van der Waals surface area contributed by atoms with E-state index in [4.69, 9.17) is 4.74 Å². The van der Waals surface area contributed by atoms with Gasteiger partial charge in [0.05, 0.1) is 13.5 Å². The molecule has 1 rings (SSSR count). The van der Waals surface area contributed by atoms with E-state index in [0.29, 0.717) is 12.1 Å². The molecule has 0 aliphatic carbocycles. The molecule has 114 valence electrons. The van der Waals surface area contributed by atoms with Gasteiger partial charge in [0.25, 0.3) is 0 Å². The number of rotatable bonds is 7. The lowest BCUT2D eigenvalue weighted by molar-refractivity contribution is -0.139. The minimum atomic E-state index is -4.24. The summed E-state index contributed by atoms with van der Waals surface area (Å²) in [5.74, 6) is -0.478. The predicted octanol–water partition coefficient (Wildman–Crippen LogP) is 3.70. The van der Waals surface area contributed by atoms with Gasteiger partial charge in [-0.2, -0.15) is 13.2 Å². The Morgan fingerprint density at radius 3 is 2.50 bits per heavy atom. The number of methoxy groups -OCH3 is 1. The second-order valence-corrected chi connectivity index (χ2v) is 4.64. The molecule has 0 aliphatic heterocycles. The Labute approximate surface area is 116 Å². The van der Waals surface area contributed by atoms with E-state index in [1.165, 1.54) is 19.2 Å². The lowest BCUT2D eigenvalue weighted by atomic mass is 10.0. The molecule has 20 heavy (non-hydrogen) atoms. The van der Waals surface area contributed by atoms with Crippen LogP contribution in [0.4, 0.5) is 17.6 Å². The van der Waals surface area contributed by atoms with E-state index in [0.717, 1.165) is 6.42 Å². The van der Waals surface area contributed by atoms with Crippen molar-refractivity contribution < 1.29 is 22.3 Å². The van der Waals surface area contributed by atoms with Gasteiger partial charge in [0.15, 0.2) is 11.6 Å². The highest BCUT2D eigenvalue weighted by Crippen LogP contribution is 2.24. The molecule has 0 heterocycles. The molecular weight excluding hydrogens is 274 g/mol. The molecule has 1 aromatic carbocycles. The first-order valence-electron chi connectivity index (χ1n) is 6.48. The zero-order valence-electron chi connectivity index (χ0n) is 11.6. The number of alkyl halides is 3. The summed E-state index contributed by atoms with van der Waals surface area (Å²) in [6.07, 6.45) is -4.30. The standard InChI is InChI=1S/C14H19F4NO/c1-3-6-19-11(9-14(16,17)18)7-10-4-5-13(20-2)12(15)8-10/h4-5,8,11,19H,3,6-7,9H2,1-2H3. The van der Waals surface area contributed by atoms with E-state index in [-0.39, 0.29) is 12.2 Å². The van der Waals surface area contributed by atoms with Crippen molar-refractivity contribution in [3.05, 3.63) is 29.6 Å². The summed E-state index contributed by atoms with van der Waals surface area (Å²) in [5, 5.41) is 2.85. The summed E-state index contributed by atoms with van der Waals surface area (Å²) in [7, 11) is 1.34. The lowest BCUT2D eigenvalue weighted by Crippen LogP contribution is -2.36. The fourth-order valence-electron chi connectivity index (χ4n) is 1.97. The Morgan fingerprint density at radius 1 is 1.30 bits per heavy atom. The molecule has 2 nitrogen and oxygen atoms in total. The van der Waals surface area contributed by atoms with Crippen LogP contribution in [-0.2, 0) is 6.42 Å². The van der Waals surface area contributed by atoms with Crippen molar-refractivity contribution >= 4 is 0 Å². The molecule has 0 radical (unpaired) electrons. The van der Waals surface area contributed by atoms with Crippen LogP contribution in [0, 0.1) is 5.82 Å². The van der Waals surface area contributed by atoms with E-state index in [1.807, 2.05) is 6.92 Å². The molecule has 0 bridgehead atoms. The quantitative estimate of drug-likeness (QED) is 0.774. The number of benzene rings is 1. The Bertz CT molecular complexity index is 420. The molecule has 0 aliphatic rings. The third-order valence-electron chi connectivity index (χ3n) is 2.86. The van der Waals surface area contributed by atoms with Crippen molar-refractivity contribution in [3.63, 3.8) is 0 Å².